The molecule has 15 aromatic rings. The molecule has 0 radical (unpaired) electrons. The number of benzene rings is 13. The van der Waals surface area contributed by atoms with Crippen LogP contribution in [0, 0.1) is 0 Å². The Hall–Kier alpha value is -10.9. The van der Waals surface area contributed by atoms with Gasteiger partial charge < -0.3 is 18.8 Å². The van der Waals surface area contributed by atoms with Gasteiger partial charge in [-0.1, -0.05) is 336 Å². The first-order valence-corrected chi connectivity index (χ1v) is 41.9. The predicted molar refractivity (Wildman–Crippen MR) is 499 cm³/mol. The molecule has 578 valence electrons. The molecule has 4 heterocycles. The lowest BCUT2D eigenvalue weighted by Crippen LogP contribution is -2.61. The monoisotopic (exact) mass is 1500 g/mol. The second-order valence-corrected chi connectivity index (χ2v) is 41.6. The third kappa shape index (κ3) is 13.6. The smallest absolute Gasteiger partial charge is 0.252 e. The molecule has 0 bridgehead atoms. The maximum absolute atomic E-state index is 7.33. The largest absolute Gasteiger partial charge is 0.456 e. The van der Waals surface area contributed by atoms with Crippen molar-refractivity contribution >= 4 is 101 Å². The Labute approximate surface area is 685 Å². The molecular formula is C110H114BN3O. The lowest BCUT2D eigenvalue weighted by Gasteiger charge is -2.46. The minimum atomic E-state index is -0.281. The van der Waals surface area contributed by atoms with Crippen LogP contribution in [0.4, 0.5) is 34.1 Å². The minimum absolute atomic E-state index is 0.0723. The average Bonchev–Trinajstić information content (AvgIpc) is 1.55. The Morgan fingerprint density at radius 2 is 0.626 bits per heavy atom. The molecule has 13 aromatic carbocycles. The number of hydrogen-bond acceptors (Lipinski definition) is 3. The van der Waals surface area contributed by atoms with E-state index in [0.717, 1.165) is 106 Å². The minimum Gasteiger partial charge on any atom is -0.456 e. The molecule has 2 aromatic heterocycles. The van der Waals surface area contributed by atoms with E-state index < -0.39 is 0 Å². The summed E-state index contributed by atoms with van der Waals surface area (Å²) in [6.45, 7) is 56.2. The molecule has 2 aliphatic rings. The van der Waals surface area contributed by atoms with Gasteiger partial charge in [0.1, 0.15) is 11.2 Å². The molecule has 0 amide bonds. The van der Waals surface area contributed by atoms with Crippen LogP contribution in [0.25, 0.3) is 105 Å². The van der Waals surface area contributed by atoms with Crippen molar-refractivity contribution in [3.8, 4) is 61.3 Å². The molecule has 0 unspecified atom stereocenters. The standard InChI is InChI=1S/C110H114BN3O/c1-103(2,3)75-39-33-38-69(50-75)74-56-95(100-84-40-31-32-41-98(84)115-99(100)59-74)113-93-55-70(71-51-78(106(10,11)12)60-79(52-71)107(13,14)15)42-46-89(93)111-90-47-45-83(112-91-48-43-76(104(4,5)6)62-87(91)88-63-77(105(7,8)9)44-49-92(88)112)66-94(90)114(97-58-73(57-96(113)101(97)111)72-53-80(108(16,17)18)61-81(54-72)109(19,20)21)102-85(67-34-27-25-28-35-67)64-82(110(22,23)24)65-86(102)68-36-29-26-30-37-68/h25-66H,1-24H3. The lowest BCUT2D eigenvalue weighted by atomic mass is 9.33. The van der Waals surface area contributed by atoms with E-state index in [9.17, 15) is 0 Å². The van der Waals surface area contributed by atoms with Crippen molar-refractivity contribution in [2.75, 3.05) is 9.80 Å². The van der Waals surface area contributed by atoms with Crippen molar-refractivity contribution < 1.29 is 4.42 Å². The molecule has 0 N–H and O–H groups in total. The molecule has 0 fully saturated rings. The number of aromatic nitrogens is 1. The summed E-state index contributed by atoms with van der Waals surface area (Å²) in [5, 5.41) is 4.66. The van der Waals surface area contributed by atoms with Crippen LogP contribution in [-0.4, -0.2) is 11.3 Å². The van der Waals surface area contributed by atoms with E-state index in [-0.39, 0.29) is 50.0 Å². The Kier molecular flexibility index (Phi) is 17.9. The number of hydrogen-bond donors (Lipinski definition) is 0. The van der Waals surface area contributed by atoms with E-state index in [4.69, 9.17) is 4.42 Å². The fourth-order valence-corrected chi connectivity index (χ4v) is 17.8. The SMILES string of the molecule is CC(C)(C)c1cccc(-c2cc(N3c4cc(-c5cc(C(C)(C)C)cc(C(C)(C)C)c5)ccc4B4c5ccc(-n6c7ccc(C(C)(C)C)cc7c7cc(C(C)(C)C)ccc76)cc5N(c5c(-c6ccccc6)cc(C(C)(C)C)cc5-c5ccccc5)c5cc(-c6cc(C(C)(C)C)cc(C(C)(C)C)c6)cc3c54)c3c(c2)oc2ccccc23)c1. The first-order valence-electron chi connectivity index (χ1n) is 41.9. The Morgan fingerprint density at radius 1 is 0.243 bits per heavy atom. The number of anilines is 6. The van der Waals surface area contributed by atoms with Crippen molar-refractivity contribution in [2.24, 2.45) is 0 Å². The summed E-state index contributed by atoms with van der Waals surface area (Å²) in [4.78, 5) is 5.47. The van der Waals surface area contributed by atoms with Crippen LogP contribution in [0.5, 0.6) is 0 Å². The molecule has 0 saturated carbocycles. The van der Waals surface area contributed by atoms with Gasteiger partial charge in [0, 0.05) is 55.7 Å². The highest BCUT2D eigenvalue weighted by molar-refractivity contribution is 7.00. The average molecular weight is 1500 g/mol. The molecule has 0 aliphatic carbocycles. The van der Waals surface area contributed by atoms with Gasteiger partial charge in [-0.3, -0.25) is 0 Å². The van der Waals surface area contributed by atoms with E-state index in [1.165, 1.54) is 93.8 Å². The van der Waals surface area contributed by atoms with Gasteiger partial charge in [0.2, 0.25) is 0 Å². The molecule has 4 nitrogen and oxygen atoms in total. The molecule has 17 rings (SSSR count). The van der Waals surface area contributed by atoms with Gasteiger partial charge in [-0.2, -0.15) is 0 Å². The van der Waals surface area contributed by atoms with Crippen LogP contribution in [0.2, 0.25) is 0 Å². The summed E-state index contributed by atoms with van der Waals surface area (Å²) in [6, 6.07) is 100. The first-order chi connectivity index (χ1) is 54.0. The summed E-state index contributed by atoms with van der Waals surface area (Å²) < 4.78 is 9.91. The van der Waals surface area contributed by atoms with Crippen LogP contribution in [0.15, 0.2) is 259 Å². The van der Waals surface area contributed by atoms with Gasteiger partial charge in [0.25, 0.3) is 6.71 Å². The van der Waals surface area contributed by atoms with Gasteiger partial charge >= 0.3 is 0 Å². The van der Waals surface area contributed by atoms with Crippen LogP contribution < -0.4 is 26.2 Å². The lowest BCUT2D eigenvalue weighted by molar-refractivity contribution is 0.568. The van der Waals surface area contributed by atoms with Crippen LogP contribution in [0.3, 0.4) is 0 Å². The number of rotatable bonds is 8. The highest BCUT2D eigenvalue weighted by Crippen LogP contribution is 2.56. The van der Waals surface area contributed by atoms with Gasteiger partial charge in [-0.05, 0) is 234 Å². The zero-order chi connectivity index (χ0) is 81.5. The first kappa shape index (κ1) is 76.7. The zero-order valence-electron chi connectivity index (χ0n) is 72.6. The number of nitrogens with zero attached hydrogens (tertiary/aromatic N) is 3. The topological polar surface area (TPSA) is 24.6 Å². The molecule has 2 aliphatic heterocycles. The van der Waals surface area contributed by atoms with Gasteiger partial charge in [0.15, 0.2) is 0 Å². The molecular weight excluding hydrogens is 1390 g/mol. The highest BCUT2D eigenvalue weighted by Gasteiger charge is 2.46. The molecule has 5 heteroatoms. The number of furan rings is 1. The summed E-state index contributed by atoms with van der Waals surface area (Å²) in [6.07, 6.45) is 0. The maximum Gasteiger partial charge on any atom is 0.252 e. The Bertz CT molecular complexity index is 6220. The van der Waals surface area contributed by atoms with Gasteiger partial charge in [-0.25, -0.2) is 0 Å². The van der Waals surface area contributed by atoms with E-state index in [2.05, 4.69) is 435 Å². The van der Waals surface area contributed by atoms with Crippen molar-refractivity contribution in [3.05, 3.63) is 299 Å². The van der Waals surface area contributed by atoms with Crippen LogP contribution >= 0.6 is 0 Å². The summed E-state index contributed by atoms with van der Waals surface area (Å²) in [7, 11) is 0. The summed E-state index contributed by atoms with van der Waals surface area (Å²) >= 11 is 0. The maximum atomic E-state index is 7.33. The van der Waals surface area contributed by atoms with Gasteiger partial charge in [0.05, 0.1) is 27.8 Å². The second-order valence-electron chi connectivity index (χ2n) is 41.6. The highest BCUT2D eigenvalue weighted by atomic mass is 16.3. The second kappa shape index (κ2) is 26.9. The molecule has 0 spiro atoms. The van der Waals surface area contributed by atoms with Crippen molar-refractivity contribution in [1.82, 2.24) is 4.57 Å². The van der Waals surface area contributed by atoms with Crippen molar-refractivity contribution in [2.45, 2.75) is 209 Å². The quantitative estimate of drug-likeness (QED) is 0.142. The molecule has 115 heavy (non-hydrogen) atoms. The van der Waals surface area contributed by atoms with Crippen molar-refractivity contribution in [1.29, 1.82) is 0 Å². The van der Waals surface area contributed by atoms with Gasteiger partial charge in [-0.15, -0.1) is 0 Å². The summed E-state index contributed by atoms with van der Waals surface area (Å²) in [5.74, 6) is 0. The number of para-hydroxylation sites is 1. The van der Waals surface area contributed by atoms with E-state index in [1.807, 2.05) is 0 Å². The van der Waals surface area contributed by atoms with E-state index in [0.29, 0.717) is 0 Å². The third-order valence-corrected chi connectivity index (χ3v) is 24.9. The zero-order valence-corrected chi connectivity index (χ0v) is 72.6. The number of fused-ring (bicyclic) bond motifs is 10. The molecule has 0 saturated heterocycles. The fourth-order valence-electron chi connectivity index (χ4n) is 17.8. The van der Waals surface area contributed by atoms with Crippen LogP contribution in [-0.2, 0) is 43.3 Å². The normalized spacial score (nSPS) is 13.7. The molecule has 0 atom stereocenters. The Balaban J connectivity index is 1.09. The van der Waals surface area contributed by atoms with Crippen LogP contribution in [0.1, 0.15) is 211 Å². The fraction of sp³-hybridized carbons (Fsp3) is 0.291. The third-order valence-electron chi connectivity index (χ3n) is 24.9. The Morgan fingerprint density at radius 3 is 1.13 bits per heavy atom. The van der Waals surface area contributed by atoms with Crippen molar-refractivity contribution in [3.63, 3.8) is 0 Å². The van der Waals surface area contributed by atoms with E-state index >= 15 is 0 Å². The van der Waals surface area contributed by atoms with E-state index in [1.54, 1.807) is 0 Å². The predicted octanol–water partition coefficient (Wildman–Crippen LogP) is 29.5. The summed E-state index contributed by atoms with van der Waals surface area (Å²) in [5.41, 5.74) is 36.4.